The SMILES string of the molecule is CNc1cc(C)ncc1C(=O)NCCCCC(N)=O. The number of nitrogens with one attached hydrogen (secondary N) is 2. The van der Waals surface area contributed by atoms with Crippen molar-refractivity contribution in [1.82, 2.24) is 10.3 Å². The first-order valence-corrected chi connectivity index (χ1v) is 6.25. The van der Waals surface area contributed by atoms with Crippen molar-refractivity contribution in [3.63, 3.8) is 0 Å². The molecule has 1 heterocycles. The van der Waals surface area contributed by atoms with Gasteiger partial charge < -0.3 is 16.4 Å². The van der Waals surface area contributed by atoms with E-state index in [2.05, 4.69) is 15.6 Å². The highest BCUT2D eigenvalue weighted by Crippen LogP contribution is 2.14. The van der Waals surface area contributed by atoms with E-state index in [0.29, 0.717) is 24.9 Å². The van der Waals surface area contributed by atoms with Crippen LogP contribution in [0.1, 0.15) is 35.3 Å². The number of carbonyl (C=O) groups excluding carboxylic acids is 2. The number of aromatic nitrogens is 1. The standard InChI is InChI=1S/C13H20N4O2/c1-9-7-11(15-2)10(8-17-9)13(19)16-6-4-3-5-12(14)18/h7-8H,3-6H2,1-2H3,(H2,14,18)(H,15,17)(H,16,19). The number of amides is 2. The predicted molar refractivity (Wildman–Crippen MR) is 73.9 cm³/mol. The highest BCUT2D eigenvalue weighted by atomic mass is 16.2. The Morgan fingerprint density at radius 3 is 2.74 bits per heavy atom. The van der Waals surface area contributed by atoms with E-state index in [1.54, 1.807) is 13.2 Å². The summed E-state index contributed by atoms with van der Waals surface area (Å²) in [6.45, 7) is 2.38. The Morgan fingerprint density at radius 2 is 2.11 bits per heavy atom. The third-order valence-electron chi connectivity index (χ3n) is 2.69. The number of unbranched alkanes of at least 4 members (excludes halogenated alkanes) is 1. The van der Waals surface area contributed by atoms with E-state index in [9.17, 15) is 9.59 Å². The number of pyridine rings is 1. The van der Waals surface area contributed by atoms with Crippen LogP contribution in [-0.4, -0.2) is 30.4 Å². The van der Waals surface area contributed by atoms with E-state index >= 15 is 0 Å². The molecule has 0 aliphatic carbocycles. The Kier molecular flexibility index (Phi) is 5.78. The van der Waals surface area contributed by atoms with Crippen LogP contribution in [-0.2, 0) is 4.79 Å². The predicted octanol–water partition coefficient (Wildman–Crippen LogP) is 0.817. The van der Waals surface area contributed by atoms with Gasteiger partial charge >= 0.3 is 0 Å². The van der Waals surface area contributed by atoms with Crippen LogP contribution in [0.4, 0.5) is 5.69 Å². The molecule has 19 heavy (non-hydrogen) atoms. The fourth-order valence-electron chi connectivity index (χ4n) is 1.67. The number of anilines is 1. The number of hydrogen-bond acceptors (Lipinski definition) is 4. The minimum Gasteiger partial charge on any atom is -0.387 e. The summed E-state index contributed by atoms with van der Waals surface area (Å²) in [4.78, 5) is 26.6. The zero-order valence-electron chi connectivity index (χ0n) is 11.3. The van der Waals surface area contributed by atoms with Crippen molar-refractivity contribution < 1.29 is 9.59 Å². The quantitative estimate of drug-likeness (QED) is 0.635. The Bertz CT molecular complexity index is 460. The van der Waals surface area contributed by atoms with Crippen LogP contribution in [0.3, 0.4) is 0 Å². The van der Waals surface area contributed by atoms with Gasteiger partial charge in [0.05, 0.1) is 11.3 Å². The van der Waals surface area contributed by atoms with Gasteiger partial charge in [-0.25, -0.2) is 0 Å². The lowest BCUT2D eigenvalue weighted by Gasteiger charge is -2.10. The molecule has 104 valence electrons. The second-order valence-corrected chi connectivity index (χ2v) is 4.30. The number of nitrogens with zero attached hydrogens (tertiary/aromatic N) is 1. The minimum absolute atomic E-state index is 0.170. The van der Waals surface area contributed by atoms with E-state index in [0.717, 1.165) is 17.8 Å². The molecule has 0 fully saturated rings. The van der Waals surface area contributed by atoms with Crippen LogP contribution in [0.2, 0.25) is 0 Å². The van der Waals surface area contributed by atoms with Crippen LogP contribution in [0.15, 0.2) is 12.3 Å². The molecule has 6 heteroatoms. The first-order valence-electron chi connectivity index (χ1n) is 6.25. The van der Waals surface area contributed by atoms with Crippen molar-refractivity contribution >= 4 is 17.5 Å². The summed E-state index contributed by atoms with van der Waals surface area (Å²) in [6, 6.07) is 1.82. The van der Waals surface area contributed by atoms with Crippen molar-refractivity contribution in [2.75, 3.05) is 18.9 Å². The molecule has 0 saturated carbocycles. The third kappa shape index (κ3) is 4.95. The van der Waals surface area contributed by atoms with Crippen molar-refractivity contribution in [2.45, 2.75) is 26.2 Å². The average molecular weight is 264 g/mol. The molecule has 1 aromatic rings. The number of primary amides is 1. The van der Waals surface area contributed by atoms with Crippen LogP contribution in [0.5, 0.6) is 0 Å². The summed E-state index contributed by atoms with van der Waals surface area (Å²) in [5, 5.41) is 5.77. The molecule has 1 rings (SSSR count). The van der Waals surface area contributed by atoms with Crippen LogP contribution in [0, 0.1) is 6.92 Å². The lowest BCUT2D eigenvalue weighted by molar-refractivity contribution is -0.118. The number of carbonyl (C=O) groups is 2. The molecule has 6 nitrogen and oxygen atoms in total. The van der Waals surface area contributed by atoms with Gasteiger partial charge in [0.15, 0.2) is 0 Å². The fourth-order valence-corrected chi connectivity index (χ4v) is 1.67. The van der Waals surface area contributed by atoms with Gasteiger partial charge in [0.1, 0.15) is 0 Å². The zero-order valence-corrected chi connectivity index (χ0v) is 11.3. The van der Waals surface area contributed by atoms with E-state index in [1.165, 1.54) is 0 Å². The maximum absolute atomic E-state index is 11.9. The topological polar surface area (TPSA) is 97.1 Å². The largest absolute Gasteiger partial charge is 0.387 e. The van der Waals surface area contributed by atoms with Crippen molar-refractivity contribution in [2.24, 2.45) is 5.73 Å². The molecule has 0 saturated heterocycles. The second kappa shape index (κ2) is 7.35. The van der Waals surface area contributed by atoms with Gasteiger partial charge in [-0.2, -0.15) is 0 Å². The van der Waals surface area contributed by atoms with Gasteiger partial charge in [-0.3, -0.25) is 14.6 Å². The summed E-state index contributed by atoms with van der Waals surface area (Å²) in [7, 11) is 1.76. The number of nitrogens with two attached hydrogens (primary N) is 1. The second-order valence-electron chi connectivity index (χ2n) is 4.30. The molecule has 4 N–H and O–H groups in total. The molecule has 0 aliphatic rings. The average Bonchev–Trinajstić information content (AvgIpc) is 2.37. The van der Waals surface area contributed by atoms with Gasteiger partial charge in [0, 0.05) is 31.9 Å². The highest BCUT2D eigenvalue weighted by molar-refractivity contribution is 5.99. The summed E-state index contributed by atoms with van der Waals surface area (Å²) in [5.74, 6) is -0.484. The molecule has 0 spiro atoms. The fraction of sp³-hybridized carbons (Fsp3) is 0.462. The van der Waals surface area contributed by atoms with Gasteiger partial charge in [0.25, 0.3) is 5.91 Å². The van der Waals surface area contributed by atoms with Gasteiger partial charge in [-0.05, 0) is 25.8 Å². The van der Waals surface area contributed by atoms with Gasteiger partial charge in [0.2, 0.25) is 5.91 Å². The molecule has 0 unspecified atom stereocenters. The Balaban J connectivity index is 2.47. The van der Waals surface area contributed by atoms with Crippen molar-refractivity contribution in [3.8, 4) is 0 Å². The van der Waals surface area contributed by atoms with Crippen molar-refractivity contribution in [1.29, 1.82) is 0 Å². The number of hydrogen-bond donors (Lipinski definition) is 3. The van der Waals surface area contributed by atoms with E-state index in [4.69, 9.17) is 5.73 Å². The number of rotatable bonds is 7. The molecule has 2 amide bonds. The molecule has 0 bridgehead atoms. The highest BCUT2D eigenvalue weighted by Gasteiger charge is 2.10. The van der Waals surface area contributed by atoms with Crippen LogP contribution >= 0.6 is 0 Å². The van der Waals surface area contributed by atoms with E-state index < -0.39 is 0 Å². The molecule has 0 aromatic carbocycles. The lowest BCUT2D eigenvalue weighted by Crippen LogP contribution is -2.25. The summed E-state index contributed by atoms with van der Waals surface area (Å²) >= 11 is 0. The van der Waals surface area contributed by atoms with Crippen LogP contribution < -0.4 is 16.4 Å². The summed E-state index contributed by atoms with van der Waals surface area (Å²) in [6.07, 6.45) is 3.31. The normalized spacial score (nSPS) is 10.0. The third-order valence-corrected chi connectivity index (χ3v) is 2.69. The summed E-state index contributed by atoms with van der Waals surface area (Å²) in [5.41, 5.74) is 7.15. The van der Waals surface area contributed by atoms with Gasteiger partial charge in [-0.1, -0.05) is 0 Å². The maximum atomic E-state index is 11.9. The zero-order chi connectivity index (χ0) is 14.3. The molecule has 0 atom stereocenters. The monoisotopic (exact) mass is 264 g/mol. The maximum Gasteiger partial charge on any atom is 0.254 e. The molecular formula is C13H20N4O2. The first-order chi connectivity index (χ1) is 9.04. The minimum atomic E-state index is -0.313. The van der Waals surface area contributed by atoms with E-state index in [-0.39, 0.29) is 11.8 Å². The molecule has 0 aliphatic heterocycles. The lowest BCUT2D eigenvalue weighted by atomic mass is 10.2. The molecular weight excluding hydrogens is 244 g/mol. The Hall–Kier alpha value is -2.11. The van der Waals surface area contributed by atoms with Crippen LogP contribution in [0.25, 0.3) is 0 Å². The first kappa shape index (κ1) is 14.9. The van der Waals surface area contributed by atoms with Gasteiger partial charge in [-0.15, -0.1) is 0 Å². The smallest absolute Gasteiger partial charge is 0.254 e. The summed E-state index contributed by atoms with van der Waals surface area (Å²) < 4.78 is 0. The molecule has 0 radical (unpaired) electrons. The Labute approximate surface area is 112 Å². The van der Waals surface area contributed by atoms with E-state index in [1.807, 2.05) is 13.0 Å². The van der Waals surface area contributed by atoms with Crippen molar-refractivity contribution in [3.05, 3.63) is 23.5 Å². The number of aryl methyl sites for hydroxylation is 1. The molecule has 1 aromatic heterocycles. The Morgan fingerprint density at radius 1 is 1.37 bits per heavy atom.